The average molecular weight is 244 g/mol. The molecule has 2 rings (SSSR count). The second kappa shape index (κ2) is 5.02. The highest BCUT2D eigenvalue weighted by Crippen LogP contribution is 2.34. The van der Waals surface area contributed by atoms with Gasteiger partial charge in [-0.1, -0.05) is 0 Å². The van der Waals surface area contributed by atoms with Crippen LogP contribution in [-0.4, -0.2) is 50.2 Å². The standard InChI is InChI=1S/C12H20O5/c1-8(13)4-5-12(2)16-7-10-11(17-12)9(14-3)6-15-10/h9-11H,4-7H2,1-3H3. The summed E-state index contributed by atoms with van der Waals surface area (Å²) in [4.78, 5) is 11.0. The van der Waals surface area contributed by atoms with Crippen molar-refractivity contribution in [2.45, 2.75) is 50.8 Å². The van der Waals surface area contributed by atoms with Crippen LogP contribution in [0.3, 0.4) is 0 Å². The summed E-state index contributed by atoms with van der Waals surface area (Å²) in [6.07, 6.45) is 0.852. The molecule has 4 atom stereocenters. The van der Waals surface area contributed by atoms with Crippen molar-refractivity contribution in [2.24, 2.45) is 0 Å². The third-order valence-corrected chi connectivity index (χ3v) is 3.38. The van der Waals surface area contributed by atoms with E-state index in [0.717, 1.165) is 0 Å². The number of ketones is 1. The lowest BCUT2D eigenvalue weighted by Crippen LogP contribution is -2.51. The smallest absolute Gasteiger partial charge is 0.166 e. The van der Waals surface area contributed by atoms with E-state index in [1.807, 2.05) is 6.92 Å². The van der Waals surface area contributed by atoms with Crippen LogP contribution in [0.4, 0.5) is 0 Å². The highest BCUT2D eigenvalue weighted by Gasteiger charge is 2.47. The van der Waals surface area contributed by atoms with Gasteiger partial charge in [0.15, 0.2) is 5.79 Å². The first-order valence-corrected chi connectivity index (χ1v) is 6.00. The molecule has 0 aromatic heterocycles. The lowest BCUT2D eigenvalue weighted by Gasteiger charge is -2.40. The van der Waals surface area contributed by atoms with Crippen molar-refractivity contribution in [3.63, 3.8) is 0 Å². The van der Waals surface area contributed by atoms with Crippen molar-refractivity contribution in [1.29, 1.82) is 0 Å². The minimum absolute atomic E-state index is 0.0412. The van der Waals surface area contributed by atoms with Crippen molar-refractivity contribution in [3.05, 3.63) is 0 Å². The number of methoxy groups -OCH3 is 1. The number of ether oxygens (including phenoxy) is 4. The molecule has 0 amide bonds. The predicted octanol–water partition coefficient (Wildman–Crippen LogP) is 0.901. The summed E-state index contributed by atoms with van der Waals surface area (Å²) >= 11 is 0. The van der Waals surface area contributed by atoms with Gasteiger partial charge in [-0.3, -0.25) is 0 Å². The normalized spacial score (nSPS) is 41.2. The fraction of sp³-hybridized carbons (Fsp3) is 0.917. The Morgan fingerprint density at radius 3 is 2.88 bits per heavy atom. The van der Waals surface area contributed by atoms with Crippen molar-refractivity contribution >= 4 is 5.78 Å². The Bertz CT molecular complexity index is 287. The van der Waals surface area contributed by atoms with Crippen LogP contribution in [0.1, 0.15) is 26.7 Å². The molecular weight excluding hydrogens is 224 g/mol. The molecule has 2 aliphatic heterocycles. The van der Waals surface area contributed by atoms with Gasteiger partial charge in [0.1, 0.15) is 24.1 Å². The molecule has 0 aromatic rings. The van der Waals surface area contributed by atoms with Gasteiger partial charge in [-0.25, -0.2) is 0 Å². The Balaban J connectivity index is 1.96. The van der Waals surface area contributed by atoms with Gasteiger partial charge in [0.25, 0.3) is 0 Å². The summed E-state index contributed by atoms with van der Waals surface area (Å²) in [5, 5.41) is 0. The second-order valence-electron chi connectivity index (χ2n) is 4.88. The number of hydrogen-bond acceptors (Lipinski definition) is 5. The number of rotatable bonds is 4. The molecule has 0 radical (unpaired) electrons. The third-order valence-electron chi connectivity index (χ3n) is 3.38. The van der Waals surface area contributed by atoms with Gasteiger partial charge in [0, 0.05) is 20.0 Å². The Kier molecular flexibility index (Phi) is 3.82. The monoisotopic (exact) mass is 244 g/mol. The van der Waals surface area contributed by atoms with Gasteiger partial charge < -0.3 is 23.7 Å². The largest absolute Gasteiger partial charge is 0.376 e. The first-order chi connectivity index (χ1) is 8.04. The molecule has 2 heterocycles. The maximum absolute atomic E-state index is 11.0. The number of Topliss-reactive ketones (excluding diaryl/α,β-unsaturated/α-hetero) is 1. The predicted molar refractivity (Wildman–Crippen MR) is 59.7 cm³/mol. The van der Waals surface area contributed by atoms with Crippen LogP contribution in [0.2, 0.25) is 0 Å². The lowest BCUT2D eigenvalue weighted by molar-refractivity contribution is -0.312. The molecule has 4 unspecified atom stereocenters. The fourth-order valence-electron chi connectivity index (χ4n) is 2.26. The summed E-state index contributed by atoms with van der Waals surface area (Å²) in [6, 6.07) is 0. The van der Waals surface area contributed by atoms with E-state index < -0.39 is 5.79 Å². The van der Waals surface area contributed by atoms with Crippen LogP contribution in [0.15, 0.2) is 0 Å². The molecule has 0 aliphatic carbocycles. The molecule has 0 saturated carbocycles. The SMILES string of the molecule is COC1COC2COC(C)(CCC(C)=O)OC12. The van der Waals surface area contributed by atoms with Crippen molar-refractivity contribution < 1.29 is 23.7 Å². The van der Waals surface area contributed by atoms with E-state index in [4.69, 9.17) is 18.9 Å². The molecule has 2 fully saturated rings. The molecule has 2 saturated heterocycles. The minimum atomic E-state index is -0.697. The first-order valence-electron chi connectivity index (χ1n) is 6.00. The van der Waals surface area contributed by atoms with Crippen LogP contribution >= 0.6 is 0 Å². The summed E-state index contributed by atoms with van der Waals surface area (Å²) in [5.74, 6) is -0.552. The summed E-state index contributed by atoms with van der Waals surface area (Å²) in [7, 11) is 1.65. The quantitative estimate of drug-likeness (QED) is 0.735. The van der Waals surface area contributed by atoms with Crippen LogP contribution in [0, 0.1) is 0 Å². The number of hydrogen-bond donors (Lipinski definition) is 0. The van der Waals surface area contributed by atoms with E-state index in [1.54, 1.807) is 14.0 Å². The second-order valence-corrected chi connectivity index (χ2v) is 4.88. The molecule has 5 nitrogen and oxygen atoms in total. The average Bonchev–Trinajstić information content (AvgIpc) is 2.68. The Morgan fingerprint density at radius 2 is 2.24 bits per heavy atom. The first kappa shape index (κ1) is 13.0. The maximum atomic E-state index is 11.0. The third kappa shape index (κ3) is 2.85. The number of fused-ring (bicyclic) bond motifs is 1. The summed E-state index contributed by atoms with van der Waals surface area (Å²) in [6.45, 7) is 4.49. The molecule has 0 aromatic carbocycles. The lowest BCUT2D eigenvalue weighted by atomic mass is 10.1. The maximum Gasteiger partial charge on any atom is 0.166 e. The fourth-order valence-corrected chi connectivity index (χ4v) is 2.26. The van der Waals surface area contributed by atoms with E-state index >= 15 is 0 Å². The van der Waals surface area contributed by atoms with Gasteiger partial charge in [-0.05, 0) is 13.8 Å². The van der Waals surface area contributed by atoms with Crippen molar-refractivity contribution in [2.75, 3.05) is 20.3 Å². The molecule has 0 bridgehead atoms. The van der Waals surface area contributed by atoms with E-state index in [9.17, 15) is 4.79 Å². The van der Waals surface area contributed by atoms with Crippen LogP contribution in [0.25, 0.3) is 0 Å². The highest BCUT2D eigenvalue weighted by atomic mass is 16.7. The van der Waals surface area contributed by atoms with Crippen LogP contribution in [0.5, 0.6) is 0 Å². The molecule has 0 spiro atoms. The zero-order chi connectivity index (χ0) is 12.5. The number of carbonyl (C=O) groups excluding carboxylic acids is 1. The van der Waals surface area contributed by atoms with Gasteiger partial charge in [-0.2, -0.15) is 0 Å². The number of carbonyl (C=O) groups is 1. The van der Waals surface area contributed by atoms with E-state index in [-0.39, 0.29) is 24.1 Å². The van der Waals surface area contributed by atoms with Gasteiger partial charge in [0.05, 0.1) is 13.2 Å². The van der Waals surface area contributed by atoms with E-state index in [2.05, 4.69) is 0 Å². The molecule has 2 aliphatic rings. The Hall–Kier alpha value is -0.490. The van der Waals surface area contributed by atoms with Crippen molar-refractivity contribution in [1.82, 2.24) is 0 Å². The highest BCUT2D eigenvalue weighted by molar-refractivity contribution is 5.75. The van der Waals surface area contributed by atoms with Crippen LogP contribution < -0.4 is 0 Å². The zero-order valence-electron chi connectivity index (χ0n) is 10.6. The summed E-state index contributed by atoms with van der Waals surface area (Å²) < 4.78 is 22.5. The van der Waals surface area contributed by atoms with Gasteiger partial charge >= 0.3 is 0 Å². The Labute approximate surface area is 101 Å². The summed E-state index contributed by atoms with van der Waals surface area (Å²) in [5.41, 5.74) is 0. The molecule has 0 N–H and O–H groups in total. The molecular formula is C12H20O5. The zero-order valence-corrected chi connectivity index (χ0v) is 10.6. The minimum Gasteiger partial charge on any atom is -0.376 e. The van der Waals surface area contributed by atoms with E-state index in [0.29, 0.717) is 26.1 Å². The Morgan fingerprint density at radius 1 is 1.47 bits per heavy atom. The molecule has 98 valence electrons. The van der Waals surface area contributed by atoms with E-state index in [1.165, 1.54) is 0 Å². The van der Waals surface area contributed by atoms with Gasteiger partial charge in [-0.15, -0.1) is 0 Å². The molecule has 17 heavy (non-hydrogen) atoms. The van der Waals surface area contributed by atoms with Crippen molar-refractivity contribution in [3.8, 4) is 0 Å². The molecule has 5 heteroatoms. The topological polar surface area (TPSA) is 54.0 Å². The van der Waals surface area contributed by atoms with Crippen LogP contribution in [-0.2, 0) is 23.7 Å². The van der Waals surface area contributed by atoms with Gasteiger partial charge in [0.2, 0.25) is 0 Å².